The van der Waals surface area contributed by atoms with E-state index in [-0.39, 0.29) is 31.1 Å². The Balaban J connectivity index is 0.000000195. The number of aromatic nitrogens is 2. The molecule has 4 heteroatoms. The van der Waals surface area contributed by atoms with E-state index >= 15 is 0 Å². The van der Waals surface area contributed by atoms with Crippen LogP contribution in [0.4, 0.5) is 0 Å². The van der Waals surface area contributed by atoms with Gasteiger partial charge in [-0.1, -0.05) is 150 Å². The molecule has 0 unspecified atom stereocenters. The van der Waals surface area contributed by atoms with Gasteiger partial charge in [-0.15, -0.1) is 47.5 Å². The van der Waals surface area contributed by atoms with Crippen molar-refractivity contribution in [1.82, 2.24) is 9.97 Å². The Morgan fingerprint density at radius 2 is 1.44 bits per heavy atom. The standard InChI is InChI=1S/C27H22NO.C23H24N.Ir/c1-27(2,3)20-14-15-28-24(17-20)22-11-7-10-21-23-16-19(18-8-5-4-6-9-18)12-13-25(23)29-26(21)22;1-17-10-12-20(14-21(17)19-8-6-5-7-9-19)22-13-11-18(16-24-22)15-23(2,3)4;/h4-10,12-17H,1-3H3;5-11,13-14,16H,15H2,1-4H3;/q2*-1;/i;1D3,15D2;. The molecule has 3 nitrogen and oxygen atoms in total. The van der Waals surface area contributed by atoms with Crippen LogP contribution in [-0.2, 0) is 31.9 Å². The van der Waals surface area contributed by atoms with Crippen molar-refractivity contribution in [2.75, 3.05) is 0 Å². The van der Waals surface area contributed by atoms with Gasteiger partial charge >= 0.3 is 0 Å². The van der Waals surface area contributed by atoms with Crippen LogP contribution in [0, 0.1) is 24.4 Å². The van der Waals surface area contributed by atoms with E-state index in [0.717, 1.165) is 38.8 Å². The number of pyridine rings is 2. The summed E-state index contributed by atoms with van der Waals surface area (Å²) < 4.78 is 46.6. The summed E-state index contributed by atoms with van der Waals surface area (Å²) in [6, 6.07) is 47.6. The number of hydrogen-bond acceptors (Lipinski definition) is 3. The minimum absolute atomic E-state index is 0. The molecule has 0 spiro atoms. The van der Waals surface area contributed by atoms with Crippen LogP contribution in [0.1, 0.15) is 65.1 Å². The quantitative estimate of drug-likeness (QED) is 0.162. The molecule has 0 saturated carbocycles. The molecule has 0 aliphatic rings. The Bertz CT molecular complexity index is 2700. The third-order valence-corrected chi connectivity index (χ3v) is 9.01. The molecule has 0 atom stereocenters. The van der Waals surface area contributed by atoms with Crippen molar-refractivity contribution in [2.24, 2.45) is 5.41 Å². The van der Waals surface area contributed by atoms with E-state index in [2.05, 4.69) is 104 Å². The van der Waals surface area contributed by atoms with E-state index in [1.807, 2.05) is 69.4 Å². The molecule has 3 heterocycles. The zero-order chi connectivity index (χ0) is 41.5. The fraction of sp³-hybridized carbons (Fsp3) is 0.200. The molecule has 54 heavy (non-hydrogen) atoms. The molecule has 3 aromatic heterocycles. The molecular weight excluding hydrogens is 837 g/mol. The number of furan rings is 1. The van der Waals surface area contributed by atoms with Gasteiger partial charge in [-0.2, -0.15) is 0 Å². The Labute approximate surface area is 340 Å². The van der Waals surface area contributed by atoms with Crippen molar-refractivity contribution < 1.29 is 31.4 Å². The summed E-state index contributed by atoms with van der Waals surface area (Å²) in [4.78, 5) is 9.06. The van der Waals surface area contributed by atoms with Crippen molar-refractivity contribution in [2.45, 2.75) is 60.2 Å². The Kier molecular flexibility index (Phi) is 9.61. The summed E-state index contributed by atoms with van der Waals surface area (Å²) in [5, 5.41) is 2.21. The monoisotopic (exact) mass is 888 g/mol. The van der Waals surface area contributed by atoms with Gasteiger partial charge in [0.2, 0.25) is 0 Å². The third kappa shape index (κ3) is 8.79. The van der Waals surface area contributed by atoms with Gasteiger partial charge < -0.3 is 14.4 Å². The number of benzene rings is 5. The second-order valence-electron chi connectivity index (χ2n) is 15.3. The number of rotatable bonds is 5. The second-order valence-corrected chi connectivity index (χ2v) is 15.3. The predicted molar refractivity (Wildman–Crippen MR) is 222 cm³/mol. The molecule has 0 N–H and O–H groups in total. The van der Waals surface area contributed by atoms with Gasteiger partial charge in [0.25, 0.3) is 0 Å². The van der Waals surface area contributed by atoms with Crippen molar-refractivity contribution in [3.05, 3.63) is 169 Å². The van der Waals surface area contributed by atoms with Crippen LogP contribution in [0.15, 0.2) is 144 Å². The van der Waals surface area contributed by atoms with Gasteiger partial charge in [-0.25, -0.2) is 0 Å². The zero-order valence-electron chi connectivity index (χ0n) is 36.4. The van der Waals surface area contributed by atoms with E-state index < -0.39 is 18.6 Å². The molecule has 1 radical (unpaired) electrons. The van der Waals surface area contributed by atoms with Crippen LogP contribution in [0.3, 0.4) is 0 Å². The zero-order valence-corrected chi connectivity index (χ0v) is 33.8. The van der Waals surface area contributed by atoms with Crippen LogP contribution < -0.4 is 0 Å². The molecule has 0 aliphatic carbocycles. The van der Waals surface area contributed by atoms with Crippen molar-refractivity contribution in [1.29, 1.82) is 0 Å². The normalized spacial score (nSPS) is 13.4. The molecule has 0 bridgehead atoms. The maximum atomic E-state index is 8.39. The molecule has 273 valence electrons. The minimum atomic E-state index is -2.25. The average molecular weight is 888 g/mol. The van der Waals surface area contributed by atoms with Crippen LogP contribution in [0.2, 0.25) is 0 Å². The topological polar surface area (TPSA) is 38.9 Å². The van der Waals surface area contributed by atoms with E-state index in [0.29, 0.717) is 22.4 Å². The number of aryl methyl sites for hydroxylation is 1. The molecule has 0 aliphatic heterocycles. The Morgan fingerprint density at radius 1 is 0.704 bits per heavy atom. The first-order valence-electron chi connectivity index (χ1n) is 20.4. The summed E-state index contributed by atoms with van der Waals surface area (Å²) in [6.45, 7) is 9.95. The van der Waals surface area contributed by atoms with Crippen LogP contribution in [0.25, 0.3) is 66.7 Å². The van der Waals surface area contributed by atoms with Gasteiger partial charge in [-0.3, -0.25) is 0 Å². The van der Waals surface area contributed by atoms with Gasteiger partial charge in [0.15, 0.2) is 0 Å². The first-order valence-corrected chi connectivity index (χ1v) is 17.9. The summed E-state index contributed by atoms with van der Waals surface area (Å²) in [5.74, 6) is 0. The van der Waals surface area contributed by atoms with Crippen molar-refractivity contribution >= 4 is 21.9 Å². The number of fused-ring (bicyclic) bond motifs is 3. The van der Waals surface area contributed by atoms with Crippen LogP contribution >= 0.6 is 0 Å². The second kappa shape index (κ2) is 16.1. The first kappa shape index (κ1) is 32.3. The van der Waals surface area contributed by atoms with Gasteiger partial charge in [0, 0.05) is 44.7 Å². The largest absolute Gasteiger partial charge is 0.501 e. The van der Waals surface area contributed by atoms with E-state index in [9.17, 15) is 0 Å². The Morgan fingerprint density at radius 3 is 2.11 bits per heavy atom. The first-order chi connectivity index (χ1) is 27.4. The SMILES string of the molecule is CC(C)(C)c1ccnc(-c2[c-]ccc3c2oc2ccc(-c4ccccc4)cc23)c1.[2H]C([2H])([2H])c1c[c-]c(-c2ccc(C([2H])([2H])C(C)(C)C)cn2)cc1-c1ccccc1.[Ir]. The third-order valence-electron chi connectivity index (χ3n) is 9.01. The minimum Gasteiger partial charge on any atom is -0.501 e. The maximum absolute atomic E-state index is 8.39. The number of hydrogen-bond donors (Lipinski definition) is 0. The van der Waals surface area contributed by atoms with Gasteiger partial charge in [0.1, 0.15) is 5.58 Å². The molecule has 0 saturated heterocycles. The van der Waals surface area contributed by atoms with E-state index in [1.165, 1.54) is 22.8 Å². The Hall–Kier alpha value is -5.15. The molecule has 5 aromatic carbocycles. The van der Waals surface area contributed by atoms with E-state index in [4.69, 9.17) is 11.3 Å². The summed E-state index contributed by atoms with van der Waals surface area (Å²) in [7, 11) is 0. The maximum Gasteiger partial charge on any atom is 0.120 e. The van der Waals surface area contributed by atoms with Crippen LogP contribution in [-0.4, -0.2) is 9.97 Å². The molecule has 0 amide bonds. The predicted octanol–water partition coefficient (Wildman–Crippen LogP) is 13.5. The fourth-order valence-corrected chi connectivity index (χ4v) is 6.33. The summed E-state index contributed by atoms with van der Waals surface area (Å²) in [5.41, 5.74) is 10.1. The smallest absolute Gasteiger partial charge is 0.120 e. The summed E-state index contributed by atoms with van der Waals surface area (Å²) in [6.07, 6.45) is 1.90. The van der Waals surface area contributed by atoms with Crippen LogP contribution in [0.5, 0.6) is 0 Å². The summed E-state index contributed by atoms with van der Waals surface area (Å²) >= 11 is 0. The molecule has 8 rings (SSSR count). The van der Waals surface area contributed by atoms with E-state index in [1.54, 1.807) is 24.4 Å². The van der Waals surface area contributed by atoms with Crippen molar-refractivity contribution in [3.8, 4) is 44.8 Å². The molecule has 8 aromatic rings. The van der Waals surface area contributed by atoms with Crippen molar-refractivity contribution in [3.63, 3.8) is 0 Å². The molecule has 0 fully saturated rings. The molecular formula is C50H46IrN2O-2. The average Bonchev–Trinajstić information content (AvgIpc) is 3.59. The van der Waals surface area contributed by atoms with Gasteiger partial charge in [0.05, 0.1) is 5.58 Å². The van der Waals surface area contributed by atoms with Gasteiger partial charge in [-0.05, 0) is 74.6 Å². The number of nitrogens with zero attached hydrogens (tertiary/aromatic N) is 2. The fourth-order valence-electron chi connectivity index (χ4n) is 6.33.